The largest absolute Gasteiger partial charge is 0.495 e. The van der Waals surface area contributed by atoms with Crippen molar-refractivity contribution in [3.05, 3.63) is 53.1 Å². The number of rotatable bonds is 6. The normalized spacial score (nSPS) is 15.1. The summed E-state index contributed by atoms with van der Waals surface area (Å²) in [4.78, 5) is 16.9. The second-order valence-corrected chi connectivity index (χ2v) is 9.59. The minimum absolute atomic E-state index is 0.0196. The van der Waals surface area contributed by atoms with Crippen LogP contribution in [0.2, 0.25) is 5.02 Å². The molecule has 1 aliphatic rings. The molecule has 0 atom stereocenters. The van der Waals surface area contributed by atoms with E-state index in [2.05, 4.69) is 4.90 Å². The van der Waals surface area contributed by atoms with Crippen LogP contribution in [-0.2, 0) is 14.8 Å². The standard InChI is InChI=1S/C21H26ClN3O4S/c1-16-4-9-19(29-3)20(14-16)30(27,28)25(18-7-5-17(22)6-8-18)15-21(26)24-12-10-23(2)11-13-24/h4-9,14H,10-13,15H2,1-3H3. The molecule has 0 aliphatic carbocycles. The van der Waals surface area contributed by atoms with Crippen LogP contribution in [0.5, 0.6) is 5.75 Å². The summed E-state index contributed by atoms with van der Waals surface area (Å²) in [6.07, 6.45) is 0. The molecule has 1 aliphatic heterocycles. The molecule has 1 fully saturated rings. The van der Waals surface area contributed by atoms with E-state index in [0.29, 0.717) is 23.8 Å². The molecule has 0 radical (unpaired) electrons. The van der Waals surface area contributed by atoms with E-state index < -0.39 is 10.0 Å². The van der Waals surface area contributed by atoms with E-state index in [1.54, 1.807) is 54.3 Å². The van der Waals surface area contributed by atoms with Crippen LogP contribution in [0.25, 0.3) is 0 Å². The topological polar surface area (TPSA) is 70.2 Å². The number of halogens is 1. The Kier molecular flexibility index (Phi) is 6.90. The number of anilines is 1. The predicted molar refractivity (Wildman–Crippen MR) is 118 cm³/mol. The van der Waals surface area contributed by atoms with Crippen LogP contribution in [0.4, 0.5) is 5.69 Å². The summed E-state index contributed by atoms with van der Waals surface area (Å²) in [6.45, 7) is 4.15. The fourth-order valence-electron chi connectivity index (χ4n) is 3.31. The smallest absolute Gasteiger partial charge is 0.268 e. The lowest BCUT2D eigenvalue weighted by molar-refractivity contribution is -0.131. The highest BCUT2D eigenvalue weighted by molar-refractivity contribution is 7.93. The number of carbonyl (C=O) groups is 1. The molecular formula is C21H26ClN3O4S. The zero-order valence-corrected chi connectivity index (χ0v) is 18.9. The minimum Gasteiger partial charge on any atom is -0.495 e. The highest BCUT2D eigenvalue weighted by atomic mass is 35.5. The second-order valence-electron chi connectivity index (χ2n) is 7.33. The maximum absolute atomic E-state index is 13.7. The van der Waals surface area contributed by atoms with Crippen molar-refractivity contribution in [2.75, 3.05) is 51.2 Å². The van der Waals surface area contributed by atoms with E-state index in [9.17, 15) is 13.2 Å². The number of amides is 1. The van der Waals surface area contributed by atoms with E-state index in [1.165, 1.54) is 7.11 Å². The third-order valence-electron chi connectivity index (χ3n) is 5.14. The highest BCUT2D eigenvalue weighted by Gasteiger charge is 2.32. The number of aryl methyl sites for hydroxylation is 1. The highest BCUT2D eigenvalue weighted by Crippen LogP contribution is 2.31. The molecule has 1 saturated heterocycles. The number of likely N-dealkylation sites (N-methyl/N-ethyl adjacent to an activating group) is 1. The molecule has 9 heteroatoms. The van der Waals surface area contributed by atoms with E-state index >= 15 is 0 Å². The molecule has 0 spiro atoms. The number of hydrogen-bond acceptors (Lipinski definition) is 5. The molecule has 0 unspecified atom stereocenters. The average Bonchev–Trinajstić information content (AvgIpc) is 2.73. The van der Waals surface area contributed by atoms with Crippen molar-refractivity contribution < 1.29 is 17.9 Å². The Bertz CT molecular complexity index is 1000. The van der Waals surface area contributed by atoms with Gasteiger partial charge in [-0.05, 0) is 55.9 Å². The summed E-state index contributed by atoms with van der Waals surface area (Å²) >= 11 is 5.99. The van der Waals surface area contributed by atoms with E-state index in [-0.39, 0.29) is 23.1 Å². The van der Waals surface area contributed by atoms with Gasteiger partial charge in [-0.2, -0.15) is 0 Å². The summed E-state index contributed by atoms with van der Waals surface area (Å²) in [7, 11) is -0.651. The molecule has 7 nitrogen and oxygen atoms in total. The minimum atomic E-state index is -4.07. The van der Waals surface area contributed by atoms with E-state index in [1.807, 2.05) is 7.05 Å². The van der Waals surface area contributed by atoms with Crippen molar-refractivity contribution >= 4 is 33.2 Å². The van der Waals surface area contributed by atoms with E-state index in [4.69, 9.17) is 16.3 Å². The predicted octanol–water partition coefficient (Wildman–Crippen LogP) is 2.63. The number of hydrogen-bond donors (Lipinski definition) is 0. The van der Waals surface area contributed by atoms with Gasteiger partial charge in [-0.25, -0.2) is 8.42 Å². The van der Waals surface area contributed by atoms with Crippen LogP contribution in [0, 0.1) is 6.92 Å². The van der Waals surface area contributed by atoms with Gasteiger partial charge in [-0.3, -0.25) is 9.10 Å². The monoisotopic (exact) mass is 451 g/mol. The van der Waals surface area contributed by atoms with Gasteiger partial charge in [0, 0.05) is 31.2 Å². The molecule has 0 N–H and O–H groups in total. The van der Waals surface area contributed by atoms with Crippen molar-refractivity contribution in [2.24, 2.45) is 0 Å². The van der Waals surface area contributed by atoms with Gasteiger partial charge in [0.15, 0.2) is 0 Å². The molecule has 0 saturated carbocycles. The van der Waals surface area contributed by atoms with Crippen LogP contribution in [0.3, 0.4) is 0 Å². The first-order chi connectivity index (χ1) is 14.2. The number of carbonyl (C=O) groups excluding carboxylic acids is 1. The van der Waals surface area contributed by atoms with Gasteiger partial charge >= 0.3 is 0 Å². The molecule has 0 aromatic heterocycles. The Morgan fingerprint density at radius 3 is 2.33 bits per heavy atom. The van der Waals surface area contributed by atoms with Crippen molar-refractivity contribution in [1.82, 2.24) is 9.80 Å². The number of benzene rings is 2. The summed E-state index contributed by atoms with van der Waals surface area (Å²) in [5, 5.41) is 0.481. The number of nitrogens with zero attached hydrogens (tertiary/aromatic N) is 3. The van der Waals surface area contributed by atoms with Crippen molar-refractivity contribution in [1.29, 1.82) is 0 Å². The van der Waals surface area contributed by atoms with Gasteiger partial charge in [0.1, 0.15) is 17.2 Å². The number of sulfonamides is 1. The van der Waals surface area contributed by atoms with Gasteiger partial charge in [0.25, 0.3) is 10.0 Å². The number of methoxy groups -OCH3 is 1. The van der Waals surface area contributed by atoms with Gasteiger partial charge in [0.05, 0.1) is 12.8 Å². The first-order valence-corrected chi connectivity index (χ1v) is 11.4. The van der Waals surface area contributed by atoms with Gasteiger partial charge in [-0.15, -0.1) is 0 Å². The van der Waals surface area contributed by atoms with Crippen LogP contribution >= 0.6 is 11.6 Å². The van der Waals surface area contributed by atoms with E-state index in [0.717, 1.165) is 23.0 Å². The lowest BCUT2D eigenvalue weighted by Gasteiger charge is -2.34. The Balaban J connectivity index is 2.00. The first-order valence-electron chi connectivity index (χ1n) is 9.61. The summed E-state index contributed by atoms with van der Waals surface area (Å²) in [6, 6.07) is 11.3. The molecule has 2 aromatic carbocycles. The SMILES string of the molecule is COc1ccc(C)cc1S(=O)(=O)N(CC(=O)N1CCN(C)CC1)c1ccc(Cl)cc1. The Labute approximate surface area is 182 Å². The Morgan fingerprint density at radius 1 is 1.10 bits per heavy atom. The van der Waals surface area contributed by atoms with Gasteiger partial charge < -0.3 is 14.5 Å². The molecule has 0 bridgehead atoms. The lowest BCUT2D eigenvalue weighted by atomic mass is 10.2. The molecule has 30 heavy (non-hydrogen) atoms. The van der Waals surface area contributed by atoms with Gasteiger partial charge in [-0.1, -0.05) is 17.7 Å². The summed E-state index contributed by atoms with van der Waals surface area (Å²) < 4.78 is 33.7. The Morgan fingerprint density at radius 2 is 1.73 bits per heavy atom. The summed E-state index contributed by atoms with van der Waals surface area (Å²) in [5.74, 6) is -0.0140. The maximum atomic E-state index is 13.7. The maximum Gasteiger partial charge on any atom is 0.268 e. The molecule has 1 amide bonds. The second kappa shape index (κ2) is 9.24. The van der Waals surface area contributed by atoms with Crippen LogP contribution in [0.1, 0.15) is 5.56 Å². The fourth-order valence-corrected chi connectivity index (χ4v) is 5.09. The lowest BCUT2D eigenvalue weighted by Crippen LogP contribution is -2.50. The first kappa shape index (κ1) is 22.4. The third kappa shape index (κ3) is 4.88. The van der Waals surface area contributed by atoms with Crippen molar-refractivity contribution in [2.45, 2.75) is 11.8 Å². The molecular weight excluding hydrogens is 426 g/mol. The molecule has 162 valence electrons. The third-order valence-corrected chi connectivity index (χ3v) is 7.18. The van der Waals surface area contributed by atoms with Crippen molar-refractivity contribution in [3.63, 3.8) is 0 Å². The van der Waals surface area contributed by atoms with Crippen LogP contribution in [-0.4, -0.2) is 71.0 Å². The van der Waals surface area contributed by atoms with Gasteiger partial charge in [0.2, 0.25) is 5.91 Å². The Hall–Kier alpha value is -2.29. The number of piperazine rings is 1. The molecule has 3 rings (SSSR count). The fraction of sp³-hybridized carbons (Fsp3) is 0.381. The average molecular weight is 452 g/mol. The summed E-state index contributed by atoms with van der Waals surface area (Å²) in [5.41, 5.74) is 1.14. The zero-order chi connectivity index (χ0) is 21.9. The number of ether oxygens (including phenoxy) is 1. The molecule has 2 aromatic rings. The zero-order valence-electron chi connectivity index (χ0n) is 17.3. The molecule has 1 heterocycles. The van der Waals surface area contributed by atoms with Crippen molar-refractivity contribution in [3.8, 4) is 5.75 Å². The van der Waals surface area contributed by atoms with Crippen LogP contribution in [0.15, 0.2) is 47.4 Å². The van der Waals surface area contributed by atoms with Crippen LogP contribution < -0.4 is 9.04 Å². The quantitative estimate of drug-likeness (QED) is 0.675.